The predicted octanol–water partition coefficient (Wildman–Crippen LogP) is 4.40. The predicted molar refractivity (Wildman–Crippen MR) is 78.4 cm³/mol. The molecule has 3 aromatic rings. The molecule has 96 valence electrons. The topological polar surface area (TPSA) is 38.9 Å². The zero-order valence-electron chi connectivity index (χ0n) is 10.4. The molecule has 0 radical (unpaired) electrons. The summed E-state index contributed by atoms with van der Waals surface area (Å²) in [6.45, 7) is 1.90. The van der Waals surface area contributed by atoms with Gasteiger partial charge in [-0.1, -0.05) is 47.3 Å². The van der Waals surface area contributed by atoms with Gasteiger partial charge in [0.25, 0.3) is 0 Å². The van der Waals surface area contributed by atoms with Gasteiger partial charge in [0.2, 0.25) is 0 Å². The molecule has 0 unspecified atom stereocenters. The summed E-state index contributed by atoms with van der Waals surface area (Å²) >= 11 is 3.35. The second kappa shape index (κ2) is 5.59. The summed E-state index contributed by atoms with van der Waals surface area (Å²) in [7, 11) is 0. The summed E-state index contributed by atoms with van der Waals surface area (Å²) in [4.78, 5) is 4.63. The standard InChI is InChI=1S/C14H12N2OS2/c1-10-7-12(16-17-10)8-18-14-15-13(9-19-14)11-5-3-2-4-6-11/h2-7,9H,8H2,1H3. The lowest BCUT2D eigenvalue weighted by Crippen LogP contribution is -1.80. The van der Waals surface area contributed by atoms with Crippen LogP contribution in [0.4, 0.5) is 0 Å². The molecule has 19 heavy (non-hydrogen) atoms. The lowest BCUT2D eigenvalue weighted by atomic mass is 10.2. The summed E-state index contributed by atoms with van der Waals surface area (Å²) < 4.78 is 6.10. The van der Waals surface area contributed by atoms with Crippen LogP contribution >= 0.6 is 23.1 Å². The minimum absolute atomic E-state index is 0.791. The van der Waals surface area contributed by atoms with Crippen molar-refractivity contribution >= 4 is 23.1 Å². The molecule has 2 aromatic heterocycles. The van der Waals surface area contributed by atoms with Crippen molar-refractivity contribution in [2.45, 2.75) is 17.0 Å². The summed E-state index contributed by atoms with van der Waals surface area (Å²) in [6.07, 6.45) is 0. The molecule has 0 atom stereocenters. The molecule has 0 spiro atoms. The van der Waals surface area contributed by atoms with Crippen molar-refractivity contribution in [2.24, 2.45) is 0 Å². The second-order valence-corrected chi connectivity index (χ2v) is 6.16. The van der Waals surface area contributed by atoms with Gasteiger partial charge >= 0.3 is 0 Å². The quantitative estimate of drug-likeness (QED) is 0.667. The minimum atomic E-state index is 0.791. The van der Waals surface area contributed by atoms with Crippen LogP contribution in [0, 0.1) is 6.92 Å². The Kier molecular flexibility index (Phi) is 3.66. The van der Waals surface area contributed by atoms with E-state index in [4.69, 9.17) is 4.52 Å². The van der Waals surface area contributed by atoms with E-state index in [0.717, 1.165) is 32.8 Å². The van der Waals surface area contributed by atoms with Crippen LogP contribution in [0.3, 0.4) is 0 Å². The lowest BCUT2D eigenvalue weighted by Gasteiger charge is -1.94. The van der Waals surface area contributed by atoms with E-state index in [2.05, 4.69) is 27.7 Å². The Bertz CT molecular complexity index is 661. The van der Waals surface area contributed by atoms with Gasteiger partial charge in [-0.05, 0) is 6.92 Å². The van der Waals surface area contributed by atoms with Gasteiger partial charge in [0.05, 0.1) is 11.4 Å². The Hall–Kier alpha value is -1.59. The molecule has 0 aliphatic rings. The molecular weight excluding hydrogens is 276 g/mol. The summed E-state index contributed by atoms with van der Waals surface area (Å²) in [5.74, 6) is 1.64. The van der Waals surface area contributed by atoms with E-state index in [1.807, 2.05) is 31.2 Å². The minimum Gasteiger partial charge on any atom is -0.361 e. The van der Waals surface area contributed by atoms with Crippen LogP contribution in [-0.4, -0.2) is 10.1 Å². The SMILES string of the molecule is Cc1cc(CSc2nc(-c3ccccc3)cs2)no1. The van der Waals surface area contributed by atoms with Gasteiger partial charge in [-0.25, -0.2) is 4.98 Å². The number of rotatable bonds is 4. The van der Waals surface area contributed by atoms with Crippen molar-refractivity contribution in [3.63, 3.8) is 0 Å². The fraction of sp³-hybridized carbons (Fsp3) is 0.143. The lowest BCUT2D eigenvalue weighted by molar-refractivity contribution is 0.393. The van der Waals surface area contributed by atoms with Crippen molar-refractivity contribution in [2.75, 3.05) is 0 Å². The largest absolute Gasteiger partial charge is 0.361 e. The number of benzene rings is 1. The normalized spacial score (nSPS) is 10.8. The third-order valence-electron chi connectivity index (χ3n) is 2.57. The van der Waals surface area contributed by atoms with Crippen LogP contribution in [0.5, 0.6) is 0 Å². The highest BCUT2D eigenvalue weighted by atomic mass is 32.2. The van der Waals surface area contributed by atoms with Gasteiger partial charge in [-0.2, -0.15) is 0 Å². The summed E-state index contributed by atoms with van der Waals surface area (Å²) in [5.41, 5.74) is 3.14. The first-order chi connectivity index (χ1) is 9.31. The highest BCUT2D eigenvalue weighted by Gasteiger charge is 2.06. The Labute approximate surface area is 119 Å². The van der Waals surface area contributed by atoms with Gasteiger partial charge < -0.3 is 4.52 Å². The van der Waals surface area contributed by atoms with Gasteiger partial charge in [-0.15, -0.1) is 11.3 Å². The summed E-state index contributed by atoms with van der Waals surface area (Å²) in [5, 5.41) is 6.07. The molecule has 0 amide bonds. The first-order valence-corrected chi connectivity index (χ1v) is 7.74. The molecular formula is C14H12N2OS2. The Morgan fingerprint density at radius 1 is 1.26 bits per heavy atom. The highest BCUT2D eigenvalue weighted by Crippen LogP contribution is 2.29. The van der Waals surface area contributed by atoms with Crippen molar-refractivity contribution in [3.8, 4) is 11.3 Å². The molecule has 0 fully saturated rings. The third kappa shape index (κ3) is 3.05. The van der Waals surface area contributed by atoms with Crippen LogP contribution in [-0.2, 0) is 5.75 Å². The number of aryl methyl sites for hydroxylation is 1. The number of aromatic nitrogens is 2. The molecule has 0 aliphatic carbocycles. The maximum Gasteiger partial charge on any atom is 0.150 e. The van der Waals surface area contributed by atoms with Gasteiger partial charge in [0, 0.05) is 22.8 Å². The van der Waals surface area contributed by atoms with E-state index in [-0.39, 0.29) is 0 Å². The van der Waals surface area contributed by atoms with E-state index < -0.39 is 0 Å². The maximum atomic E-state index is 5.05. The van der Waals surface area contributed by atoms with Gasteiger partial charge in [0.1, 0.15) is 5.76 Å². The zero-order valence-corrected chi connectivity index (χ0v) is 12.0. The van der Waals surface area contributed by atoms with E-state index in [9.17, 15) is 0 Å². The second-order valence-electron chi connectivity index (χ2n) is 4.08. The molecule has 3 rings (SSSR count). The van der Waals surface area contributed by atoms with Crippen LogP contribution in [0.25, 0.3) is 11.3 Å². The third-order valence-corrected chi connectivity index (χ3v) is 4.63. The van der Waals surface area contributed by atoms with E-state index in [0.29, 0.717) is 0 Å². The Morgan fingerprint density at radius 2 is 2.11 bits per heavy atom. The fourth-order valence-corrected chi connectivity index (χ4v) is 3.40. The van der Waals surface area contributed by atoms with Crippen molar-refractivity contribution in [3.05, 3.63) is 53.2 Å². The van der Waals surface area contributed by atoms with Crippen LogP contribution in [0.1, 0.15) is 11.5 Å². The zero-order chi connectivity index (χ0) is 13.1. The molecule has 5 heteroatoms. The molecule has 0 saturated heterocycles. The Morgan fingerprint density at radius 3 is 2.84 bits per heavy atom. The number of hydrogen-bond acceptors (Lipinski definition) is 5. The van der Waals surface area contributed by atoms with Crippen LogP contribution < -0.4 is 0 Å². The van der Waals surface area contributed by atoms with Gasteiger partial charge in [-0.3, -0.25) is 0 Å². The highest BCUT2D eigenvalue weighted by molar-refractivity contribution is 8.00. The number of thioether (sulfide) groups is 1. The van der Waals surface area contributed by atoms with Gasteiger partial charge in [0.15, 0.2) is 4.34 Å². The fourth-order valence-electron chi connectivity index (χ4n) is 1.69. The Balaban J connectivity index is 1.68. The van der Waals surface area contributed by atoms with E-state index >= 15 is 0 Å². The van der Waals surface area contributed by atoms with E-state index in [1.165, 1.54) is 0 Å². The first-order valence-electron chi connectivity index (χ1n) is 5.87. The number of thiazole rings is 1. The molecule has 1 aromatic carbocycles. The average Bonchev–Trinajstić information content (AvgIpc) is 3.06. The summed E-state index contributed by atoms with van der Waals surface area (Å²) in [6, 6.07) is 12.2. The molecule has 0 bridgehead atoms. The number of nitrogens with zero attached hydrogens (tertiary/aromatic N) is 2. The molecule has 0 N–H and O–H groups in total. The monoisotopic (exact) mass is 288 g/mol. The molecule has 3 nitrogen and oxygen atoms in total. The smallest absolute Gasteiger partial charge is 0.150 e. The van der Waals surface area contributed by atoms with Crippen molar-refractivity contribution in [1.82, 2.24) is 10.1 Å². The van der Waals surface area contributed by atoms with Crippen molar-refractivity contribution in [1.29, 1.82) is 0 Å². The van der Waals surface area contributed by atoms with Crippen LogP contribution in [0.2, 0.25) is 0 Å². The molecule has 0 aliphatic heterocycles. The molecule has 2 heterocycles. The average molecular weight is 288 g/mol. The molecule has 0 saturated carbocycles. The first kappa shape index (κ1) is 12.4. The van der Waals surface area contributed by atoms with Crippen LogP contribution in [0.15, 0.2) is 50.6 Å². The van der Waals surface area contributed by atoms with E-state index in [1.54, 1.807) is 23.1 Å². The van der Waals surface area contributed by atoms with Crippen molar-refractivity contribution < 1.29 is 4.52 Å². The number of hydrogen-bond donors (Lipinski definition) is 0. The maximum absolute atomic E-state index is 5.05.